The van der Waals surface area contributed by atoms with E-state index in [9.17, 15) is 9.59 Å². The van der Waals surface area contributed by atoms with Gasteiger partial charge in [-0.15, -0.1) is 0 Å². The largest absolute Gasteiger partial charge is 0.493 e. The molecule has 1 atom stereocenters. The van der Waals surface area contributed by atoms with Crippen LogP contribution >= 0.6 is 23.2 Å². The van der Waals surface area contributed by atoms with Gasteiger partial charge in [-0.1, -0.05) is 59.6 Å². The minimum Gasteiger partial charge on any atom is -0.493 e. The van der Waals surface area contributed by atoms with Crippen LogP contribution in [-0.4, -0.2) is 83.2 Å². The number of benzene rings is 3. The van der Waals surface area contributed by atoms with Gasteiger partial charge in [0.15, 0.2) is 11.5 Å². The van der Waals surface area contributed by atoms with Crippen molar-refractivity contribution in [1.29, 1.82) is 0 Å². The second-order valence-electron chi connectivity index (χ2n) is 11.9. The quantitative estimate of drug-likeness (QED) is 0.233. The van der Waals surface area contributed by atoms with Crippen LogP contribution in [0.5, 0.6) is 17.2 Å². The molecule has 3 N–H and O–H groups in total. The average Bonchev–Trinajstić information content (AvgIpc) is 3.07. The number of halogens is 2. The molecule has 3 aromatic carbocycles. The van der Waals surface area contributed by atoms with Crippen LogP contribution in [-0.2, 0) is 15.7 Å². The van der Waals surface area contributed by atoms with Gasteiger partial charge in [-0.05, 0) is 94.8 Å². The third-order valence-electron chi connectivity index (χ3n) is 9.35. The highest BCUT2D eigenvalue weighted by atomic mass is 35.5. The van der Waals surface area contributed by atoms with Crippen molar-refractivity contribution in [3.05, 3.63) is 87.4 Å². The minimum absolute atomic E-state index is 0.271. The van der Waals surface area contributed by atoms with Crippen molar-refractivity contribution in [2.45, 2.75) is 36.6 Å². The molecule has 0 radical (unpaired) electrons. The molecule has 2 amide bonds. The van der Waals surface area contributed by atoms with Crippen LogP contribution in [0.1, 0.15) is 47.2 Å². The lowest BCUT2D eigenvalue weighted by atomic mass is 9.72. The summed E-state index contributed by atoms with van der Waals surface area (Å²) in [5.74, 6) is 0.640. The maximum absolute atomic E-state index is 13.6. The monoisotopic (exact) mass is 670 g/mol. The number of hydrogen-bond acceptors (Lipinski definition) is 7. The predicted molar refractivity (Wildman–Crippen MR) is 182 cm³/mol. The van der Waals surface area contributed by atoms with E-state index in [-0.39, 0.29) is 11.8 Å². The number of nitrogens with one attached hydrogen (secondary N) is 1. The molecule has 0 aliphatic carbocycles. The van der Waals surface area contributed by atoms with E-state index in [1.54, 1.807) is 18.2 Å². The number of primary amides is 1. The fraction of sp³-hybridized carbons (Fsp3) is 0.429. The molecule has 1 unspecified atom stereocenters. The van der Waals surface area contributed by atoms with Gasteiger partial charge in [-0.2, -0.15) is 0 Å². The maximum Gasteiger partial charge on any atom is 0.251 e. The lowest BCUT2D eigenvalue weighted by Crippen LogP contribution is -2.52. The molecule has 1 aliphatic heterocycles. The number of piperidine rings is 1. The zero-order chi connectivity index (χ0) is 33.5. The first-order chi connectivity index (χ1) is 22.0. The predicted octanol–water partition coefficient (Wildman–Crippen LogP) is 5.51. The normalized spacial score (nSPS) is 16.0. The molecule has 248 valence electrons. The lowest BCUT2D eigenvalue weighted by Gasteiger charge is -2.43. The first-order valence-electron chi connectivity index (χ1n) is 15.3. The summed E-state index contributed by atoms with van der Waals surface area (Å²) < 4.78 is 16.3. The van der Waals surface area contributed by atoms with Crippen molar-refractivity contribution in [2.24, 2.45) is 5.73 Å². The number of amides is 2. The number of ether oxygens (including phenoxy) is 3. The van der Waals surface area contributed by atoms with Crippen molar-refractivity contribution < 1.29 is 23.8 Å². The second kappa shape index (κ2) is 15.4. The fourth-order valence-corrected chi connectivity index (χ4v) is 6.79. The van der Waals surface area contributed by atoms with Gasteiger partial charge in [0.2, 0.25) is 11.7 Å². The maximum atomic E-state index is 13.6. The molecule has 9 nitrogen and oxygen atoms in total. The Morgan fingerprint density at radius 3 is 2.09 bits per heavy atom. The number of methoxy groups -OCH3 is 3. The molecule has 4 rings (SSSR count). The molecule has 11 heteroatoms. The number of likely N-dealkylation sites (tertiary alicyclic amines) is 1. The number of hydrogen-bond donors (Lipinski definition) is 2. The minimum atomic E-state index is -0.650. The van der Waals surface area contributed by atoms with Crippen LogP contribution in [0.2, 0.25) is 10.0 Å². The molecule has 46 heavy (non-hydrogen) atoms. The summed E-state index contributed by atoms with van der Waals surface area (Å²) in [6.45, 7) is 2.64. The highest BCUT2D eigenvalue weighted by molar-refractivity contribution is 6.42. The molecule has 1 heterocycles. The van der Waals surface area contributed by atoms with E-state index in [1.807, 2.05) is 56.6 Å². The molecule has 0 bridgehead atoms. The summed E-state index contributed by atoms with van der Waals surface area (Å²) in [6.07, 6.45) is 2.88. The van der Waals surface area contributed by atoms with Gasteiger partial charge < -0.3 is 30.2 Å². The molecule has 0 saturated carbocycles. The number of nitrogens with two attached hydrogens (primary N) is 1. The van der Waals surface area contributed by atoms with Crippen molar-refractivity contribution in [2.75, 3.05) is 61.6 Å². The Balaban J connectivity index is 1.53. The van der Waals surface area contributed by atoms with Gasteiger partial charge in [0.25, 0.3) is 5.91 Å². The summed E-state index contributed by atoms with van der Waals surface area (Å²) >= 11 is 12.8. The fourth-order valence-electron chi connectivity index (χ4n) is 6.49. The number of likely N-dealkylation sites (N-methyl/N-ethyl adjacent to an activating group) is 1. The molecule has 0 spiro atoms. The van der Waals surface area contributed by atoms with Crippen molar-refractivity contribution in [3.8, 4) is 17.2 Å². The molecular weight excluding hydrogens is 627 g/mol. The SMILES string of the molecule is COc1cc(C(=O)NCC(CCCN2CCC(C(N)=O)(c3ccccc3)CC2)(c2ccc(Cl)c(Cl)c2)N(C)C)cc(OC)c1OC. The Hall–Kier alpha value is -3.50. The molecule has 3 aromatic rings. The number of carbonyl (C=O) groups excluding carboxylic acids is 2. The second-order valence-corrected chi connectivity index (χ2v) is 12.7. The first-order valence-corrected chi connectivity index (χ1v) is 16.1. The van der Waals surface area contributed by atoms with Gasteiger partial charge in [-0.25, -0.2) is 0 Å². The van der Waals surface area contributed by atoms with E-state index >= 15 is 0 Å². The van der Waals surface area contributed by atoms with Crippen LogP contribution in [0.4, 0.5) is 0 Å². The molecule has 1 saturated heterocycles. The van der Waals surface area contributed by atoms with E-state index < -0.39 is 11.0 Å². The van der Waals surface area contributed by atoms with Crippen LogP contribution in [0.3, 0.4) is 0 Å². The smallest absolute Gasteiger partial charge is 0.251 e. The van der Waals surface area contributed by atoms with Gasteiger partial charge in [0.1, 0.15) is 0 Å². The summed E-state index contributed by atoms with van der Waals surface area (Å²) in [7, 11) is 8.53. The van der Waals surface area contributed by atoms with Crippen LogP contribution in [0.25, 0.3) is 0 Å². The van der Waals surface area contributed by atoms with Crippen LogP contribution < -0.4 is 25.3 Å². The highest BCUT2D eigenvalue weighted by Crippen LogP contribution is 2.40. The zero-order valence-electron chi connectivity index (χ0n) is 27.2. The summed E-state index contributed by atoms with van der Waals surface area (Å²) in [5.41, 5.74) is 7.00. The third-order valence-corrected chi connectivity index (χ3v) is 10.1. The van der Waals surface area contributed by atoms with E-state index in [0.29, 0.717) is 58.7 Å². The van der Waals surface area contributed by atoms with Gasteiger partial charge in [0, 0.05) is 12.1 Å². The van der Waals surface area contributed by atoms with Gasteiger partial charge in [-0.3, -0.25) is 14.5 Å². The Kier molecular flexibility index (Phi) is 11.8. The van der Waals surface area contributed by atoms with Gasteiger partial charge in [0.05, 0.1) is 42.3 Å². The van der Waals surface area contributed by atoms with Crippen molar-refractivity contribution in [1.82, 2.24) is 15.1 Å². The third kappa shape index (κ3) is 7.39. The number of nitrogens with zero attached hydrogens (tertiary/aromatic N) is 2. The van der Waals surface area contributed by atoms with E-state index in [1.165, 1.54) is 21.3 Å². The topological polar surface area (TPSA) is 106 Å². The summed E-state index contributed by atoms with van der Waals surface area (Å²) in [6, 6.07) is 18.7. The van der Waals surface area contributed by atoms with E-state index in [2.05, 4.69) is 15.1 Å². The Morgan fingerprint density at radius 2 is 1.57 bits per heavy atom. The number of rotatable bonds is 14. The van der Waals surface area contributed by atoms with Crippen LogP contribution in [0, 0.1) is 0 Å². The van der Waals surface area contributed by atoms with Crippen LogP contribution in [0.15, 0.2) is 60.7 Å². The standard InChI is InChI=1S/C35H44Cl2N4O5/c1-40(2)35(26-12-13-27(36)28(37)22-26,23-39-32(42)24-20-29(44-3)31(46-5)30(21-24)45-4)14-9-17-41-18-15-34(16-19-41,33(38)43)25-10-7-6-8-11-25/h6-8,10-13,20-22H,9,14-19,23H2,1-5H3,(H2,38,43)(H,39,42). The van der Waals surface area contributed by atoms with Crippen molar-refractivity contribution >= 4 is 35.0 Å². The van der Waals surface area contributed by atoms with E-state index in [0.717, 1.165) is 37.2 Å². The van der Waals surface area contributed by atoms with Gasteiger partial charge >= 0.3 is 0 Å². The Bertz CT molecular complexity index is 1490. The summed E-state index contributed by atoms with van der Waals surface area (Å²) in [5, 5.41) is 4.06. The Morgan fingerprint density at radius 1 is 0.935 bits per heavy atom. The molecule has 1 aliphatic rings. The zero-order valence-corrected chi connectivity index (χ0v) is 28.7. The van der Waals surface area contributed by atoms with Crippen molar-refractivity contribution in [3.63, 3.8) is 0 Å². The number of carbonyl (C=O) groups is 2. The summed E-state index contributed by atoms with van der Waals surface area (Å²) in [4.78, 5) is 30.7. The Labute approximate surface area is 281 Å². The highest BCUT2D eigenvalue weighted by Gasteiger charge is 2.42. The molecular formula is C35H44Cl2N4O5. The molecule has 1 fully saturated rings. The average molecular weight is 672 g/mol. The first kappa shape index (κ1) is 35.4. The van der Waals surface area contributed by atoms with E-state index in [4.69, 9.17) is 43.1 Å². The lowest BCUT2D eigenvalue weighted by molar-refractivity contribution is -0.125. The molecule has 0 aromatic heterocycles.